The third-order valence-electron chi connectivity index (χ3n) is 6.77. The van der Waals surface area contributed by atoms with Crippen LogP contribution in [0.3, 0.4) is 0 Å². The van der Waals surface area contributed by atoms with E-state index in [9.17, 15) is 18.0 Å². The van der Waals surface area contributed by atoms with Gasteiger partial charge in [-0.25, -0.2) is 0 Å². The molecular formula is C24H29F3N2O2S. The summed E-state index contributed by atoms with van der Waals surface area (Å²) in [6.07, 6.45) is -0.221. The second kappa shape index (κ2) is 8.52. The first-order chi connectivity index (χ1) is 15.0. The van der Waals surface area contributed by atoms with Gasteiger partial charge in [-0.15, -0.1) is 11.8 Å². The number of hydrogen-bond acceptors (Lipinski definition) is 4. The SMILES string of the molecule is CC1(Sc2cccc(C(F)(F)F)c2)CCOC(c2cc(C(C)(C)C(=O)C3CCC3)n[nH]2)C1. The largest absolute Gasteiger partial charge is 0.416 e. The van der Waals surface area contributed by atoms with E-state index in [0.717, 1.165) is 37.4 Å². The smallest absolute Gasteiger partial charge is 0.372 e. The van der Waals surface area contributed by atoms with Gasteiger partial charge in [0.2, 0.25) is 0 Å². The van der Waals surface area contributed by atoms with Crippen LogP contribution in [0.15, 0.2) is 35.2 Å². The zero-order chi connectivity index (χ0) is 23.1. The number of hydrogen-bond donors (Lipinski definition) is 1. The van der Waals surface area contributed by atoms with Crippen LogP contribution in [-0.2, 0) is 21.1 Å². The number of carbonyl (C=O) groups is 1. The minimum Gasteiger partial charge on any atom is -0.372 e. The number of halogens is 3. The maximum atomic E-state index is 13.1. The fourth-order valence-corrected chi connectivity index (χ4v) is 5.73. The molecule has 174 valence electrons. The highest BCUT2D eigenvalue weighted by Crippen LogP contribution is 2.47. The Morgan fingerprint density at radius 1 is 1.25 bits per heavy atom. The van der Waals surface area contributed by atoms with Gasteiger partial charge in [-0.05, 0) is 70.7 Å². The normalized spacial score (nSPS) is 24.9. The number of ether oxygens (including phenoxy) is 1. The topological polar surface area (TPSA) is 55.0 Å². The van der Waals surface area contributed by atoms with Crippen molar-refractivity contribution in [2.24, 2.45) is 5.92 Å². The number of carbonyl (C=O) groups excluding carboxylic acids is 1. The molecule has 1 aromatic carbocycles. The number of benzene rings is 1. The highest BCUT2D eigenvalue weighted by atomic mass is 32.2. The first kappa shape index (κ1) is 23.4. The number of rotatable bonds is 6. The van der Waals surface area contributed by atoms with E-state index in [-0.39, 0.29) is 22.6 Å². The van der Waals surface area contributed by atoms with Crippen molar-refractivity contribution in [2.45, 2.75) is 80.2 Å². The van der Waals surface area contributed by atoms with E-state index in [1.165, 1.54) is 23.9 Å². The Labute approximate surface area is 190 Å². The van der Waals surface area contributed by atoms with Gasteiger partial charge >= 0.3 is 6.18 Å². The van der Waals surface area contributed by atoms with Crippen LogP contribution in [0.5, 0.6) is 0 Å². The molecular weight excluding hydrogens is 437 g/mol. The molecule has 8 heteroatoms. The molecule has 32 heavy (non-hydrogen) atoms. The standard InChI is InChI=1S/C24H29F3N2O2S/c1-22(2,21(30)15-6-4-7-15)20-13-18(28-29-20)19-14-23(3,10-11-31-19)32-17-9-5-8-16(12-17)24(25,26)27/h5,8-9,12-13,15,19H,4,6-7,10-11,14H2,1-3H3,(H,28,29). The monoisotopic (exact) mass is 466 g/mol. The Morgan fingerprint density at radius 2 is 2.00 bits per heavy atom. The number of ketones is 1. The summed E-state index contributed by atoms with van der Waals surface area (Å²) in [6.45, 7) is 6.41. The van der Waals surface area contributed by atoms with Crippen molar-refractivity contribution in [3.8, 4) is 0 Å². The van der Waals surface area contributed by atoms with Crippen LogP contribution >= 0.6 is 11.8 Å². The Morgan fingerprint density at radius 3 is 2.66 bits per heavy atom. The fraction of sp³-hybridized carbons (Fsp3) is 0.583. The molecule has 2 heterocycles. The first-order valence-electron chi connectivity index (χ1n) is 11.1. The summed E-state index contributed by atoms with van der Waals surface area (Å²) in [7, 11) is 0. The number of H-pyrrole nitrogens is 1. The molecule has 2 atom stereocenters. The van der Waals surface area contributed by atoms with Crippen molar-refractivity contribution < 1.29 is 22.7 Å². The van der Waals surface area contributed by atoms with Gasteiger partial charge < -0.3 is 4.74 Å². The molecule has 1 N–H and O–H groups in total. The van der Waals surface area contributed by atoms with Crippen LogP contribution in [-0.4, -0.2) is 27.3 Å². The van der Waals surface area contributed by atoms with Crippen molar-refractivity contribution in [3.63, 3.8) is 0 Å². The summed E-state index contributed by atoms with van der Waals surface area (Å²) in [5, 5.41) is 7.49. The molecule has 4 nitrogen and oxygen atoms in total. The maximum Gasteiger partial charge on any atom is 0.416 e. The number of aromatic amines is 1. The molecule has 2 fully saturated rings. The first-order valence-corrected chi connectivity index (χ1v) is 11.9. The molecule has 1 saturated carbocycles. The van der Waals surface area contributed by atoms with Gasteiger partial charge in [0.05, 0.1) is 22.4 Å². The van der Waals surface area contributed by atoms with Gasteiger partial charge in [0.1, 0.15) is 11.9 Å². The van der Waals surface area contributed by atoms with Crippen molar-refractivity contribution >= 4 is 17.5 Å². The lowest BCUT2D eigenvalue weighted by Crippen LogP contribution is -2.38. The molecule has 0 amide bonds. The lowest BCUT2D eigenvalue weighted by Gasteiger charge is -2.37. The van der Waals surface area contributed by atoms with E-state index in [4.69, 9.17) is 4.74 Å². The van der Waals surface area contributed by atoms with Crippen LogP contribution < -0.4 is 0 Å². The van der Waals surface area contributed by atoms with Gasteiger partial charge in [-0.3, -0.25) is 9.89 Å². The highest BCUT2D eigenvalue weighted by Gasteiger charge is 2.41. The van der Waals surface area contributed by atoms with Gasteiger partial charge in [0.15, 0.2) is 0 Å². The molecule has 1 aromatic heterocycles. The summed E-state index contributed by atoms with van der Waals surface area (Å²) in [5.74, 6) is 0.361. The molecule has 4 rings (SSSR count). The van der Waals surface area contributed by atoms with Crippen LogP contribution in [0.1, 0.15) is 75.9 Å². The van der Waals surface area contributed by atoms with Gasteiger partial charge in [0, 0.05) is 22.2 Å². The van der Waals surface area contributed by atoms with E-state index in [1.807, 2.05) is 19.9 Å². The quantitative estimate of drug-likeness (QED) is 0.530. The molecule has 1 aliphatic carbocycles. The number of aromatic nitrogens is 2. The summed E-state index contributed by atoms with van der Waals surface area (Å²) >= 11 is 1.46. The summed E-state index contributed by atoms with van der Waals surface area (Å²) < 4.78 is 45.0. The average Bonchev–Trinajstić information content (AvgIpc) is 3.17. The third kappa shape index (κ3) is 4.76. The number of Topliss-reactive ketones (excluding diaryl/α,β-unsaturated/α-hetero) is 1. The third-order valence-corrected chi connectivity index (χ3v) is 8.12. The van der Waals surface area contributed by atoms with Crippen molar-refractivity contribution in [3.05, 3.63) is 47.3 Å². The lowest BCUT2D eigenvalue weighted by atomic mass is 9.71. The van der Waals surface area contributed by atoms with Crippen LogP contribution in [0.25, 0.3) is 0 Å². The van der Waals surface area contributed by atoms with Crippen LogP contribution in [0.4, 0.5) is 13.2 Å². The molecule has 0 bridgehead atoms. The van der Waals surface area contributed by atoms with Crippen molar-refractivity contribution in [1.29, 1.82) is 0 Å². The van der Waals surface area contributed by atoms with Gasteiger partial charge in [-0.2, -0.15) is 18.3 Å². The number of alkyl halides is 3. The van der Waals surface area contributed by atoms with E-state index >= 15 is 0 Å². The predicted octanol–water partition coefficient (Wildman–Crippen LogP) is 6.48. The molecule has 1 aliphatic heterocycles. The van der Waals surface area contributed by atoms with E-state index in [2.05, 4.69) is 17.1 Å². The van der Waals surface area contributed by atoms with Crippen LogP contribution in [0.2, 0.25) is 0 Å². The molecule has 2 aromatic rings. The fourth-order valence-electron chi connectivity index (χ4n) is 4.41. The minimum atomic E-state index is -4.36. The molecule has 2 aliphatic rings. The highest BCUT2D eigenvalue weighted by molar-refractivity contribution is 8.00. The zero-order valence-electron chi connectivity index (χ0n) is 18.6. The van der Waals surface area contributed by atoms with Crippen molar-refractivity contribution in [1.82, 2.24) is 10.2 Å². The second-order valence-corrected chi connectivity index (χ2v) is 11.4. The Hall–Kier alpha value is -1.80. The second-order valence-electron chi connectivity index (χ2n) is 9.72. The molecule has 2 unspecified atom stereocenters. The van der Waals surface area contributed by atoms with E-state index < -0.39 is 17.2 Å². The predicted molar refractivity (Wildman–Crippen MR) is 118 cm³/mol. The van der Waals surface area contributed by atoms with Crippen molar-refractivity contribution in [2.75, 3.05) is 6.61 Å². The number of thioether (sulfide) groups is 1. The Kier molecular flexibility index (Phi) is 6.22. The number of nitrogens with one attached hydrogen (secondary N) is 1. The molecule has 0 radical (unpaired) electrons. The average molecular weight is 467 g/mol. The zero-order valence-corrected chi connectivity index (χ0v) is 19.4. The summed E-state index contributed by atoms with van der Waals surface area (Å²) in [5.41, 5.74) is 0.229. The summed E-state index contributed by atoms with van der Waals surface area (Å²) in [6, 6.07) is 7.40. The molecule has 1 saturated heterocycles. The minimum absolute atomic E-state index is 0.128. The van der Waals surface area contributed by atoms with Gasteiger partial charge in [0.25, 0.3) is 0 Å². The Balaban J connectivity index is 1.48. The Bertz CT molecular complexity index is 984. The van der Waals surface area contributed by atoms with E-state index in [0.29, 0.717) is 23.6 Å². The maximum absolute atomic E-state index is 13.1. The number of nitrogens with zero attached hydrogens (tertiary/aromatic N) is 1. The molecule has 0 spiro atoms. The summed E-state index contributed by atoms with van der Waals surface area (Å²) in [4.78, 5) is 13.5. The lowest BCUT2D eigenvalue weighted by molar-refractivity contribution is -0.137. The van der Waals surface area contributed by atoms with E-state index in [1.54, 1.807) is 6.07 Å². The van der Waals surface area contributed by atoms with Gasteiger partial charge in [-0.1, -0.05) is 12.5 Å². The van der Waals surface area contributed by atoms with Crippen LogP contribution in [0, 0.1) is 5.92 Å².